The standard InChI is InChI=1S/C18H15F2NO4S/c1-12-6-8-14(9-7-12)26(22,23)15(11-21)10-13-4-3-5-16(24-2)17(13)25-18(19)20/h3-10,18H,1-2H3. The third-order valence-electron chi connectivity index (χ3n) is 3.45. The summed E-state index contributed by atoms with van der Waals surface area (Å²) in [6, 6.07) is 11.8. The van der Waals surface area contributed by atoms with Crippen LogP contribution < -0.4 is 9.47 Å². The van der Waals surface area contributed by atoms with E-state index < -0.39 is 21.4 Å². The maximum absolute atomic E-state index is 12.7. The highest BCUT2D eigenvalue weighted by Crippen LogP contribution is 2.35. The monoisotopic (exact) mass is 379 g/mol. The molecule has 0 aliphatic carbocycles. The lowest BCUT2D eigenvalue weighted by Gasteiger charge is -2.12. The van der Waals surface area contributed by atoms with Gasteiger partial charge in [-0.3, -0.25) is 0 Å². The second-order valence-electron chi connectivity index (χ2n) is 5.19. The summed E-state index contributed by atoms with van der Waals surface area (Å²) in [4.78, 5) is -0.677. The summed E-state index contributed by atoms with van der Waals surface area (Å²) < 4.78 is 60.1. The topological polar surface area (TPSA) is 76.4 Å². The maximum Gasteiger partial charge on any atom is 0.387 e. The van der Waals surface area contributed by atoms with Gasteiger partial charge in [0, 0.05) is 5.56 Å². The first-order valence-electron chi connectivity index (χ1n) is 7.35. The summed E-state index contributed by atoms with van der Waals surface area (Å²) in [5.74, 6) is -0.360. The molecule has 26 heavy (non-hydrogen) atoms. The largest absolute Gasteiger partial charge is 0.493 e. The van der Waals surface area contributed by atoms with Gasteiger partial charge in [-0.15, -0.1) is 0 Å². The number of nitriles is 1. The number of alkyl halides is 2. The summed E-state index contributed by atoms with van der Waals surface area (Å²) in [7, 11) is -2.86. The van der Waals surface area contributed by atoms with Crippen LogP contribution in [0.3, 0.4) is 0 Å². The van der Waals surface area contributed by atoms with E-state index in [0.29, 0.717) is 0 Å². The molecule has 0 atom stereocenters. The average molecular weight is 379 g/mol. The Morgan fingerprint density at radius 2 is 1.85 bits per heavy atom. The molecule has 0 bridgehead atoms. The smallest absolute Gasteiger partial charge is 0.387 e. The normalized spacial score (nSPS) is 11.9. The molecule has 8 heteroatoms. The zero-order chi connectivity index (χ0) is 19.3. The summed E-state index contributed by atoms with van der Waals surface area (Å²) >= 11 is 0. The van der Waals surface area contributed by atoms with E-state index in [1.807, 2.05) is 0 Å². The molecule has 0 radical (unpaired) electrons. The first-order chi connectivity index (χ1) is 12.3. The van der Waals surface area contributed by atoms with Gasteiger partial charge in [-0.25, -0.2) is 8.42 Å². The number of nitrogens with zero attached hydrogens (tertiary/aromatic N) is 1. The average Bonchev–Trinajstić information content (AvgIpc) is 2.60. The number of rotatable bonds is 6. The van der Waals surface area contributed by atoms with E-state index in [1.54, 1.807) is 25.1 Å². The Labute approximate surface area is 150 Å². The van der Waals surface area contributed by atoms with Crippen LogP contribution in [0.1, 0.15) is 11.1 Å². The van der Waals surface area contributed by atoms with Crippen LogP contribution in [-0.2, 0) is 9.84 Å². The van der Waals surface area contributed by atoms with Gasteiger partial charge in [0.25, 0.3) is 0 Å². The van der Waals surface area contributed by atoms with Gasteiger partial charge < -0.3 is 9.47 Å². The SMILES string of the molecule is COc1cccc(C=C(C#N)S(=O)(=O)c2ccc(C)cc2)c1OC(F)F. The van der Waals surface area contributed by atoms with Crippen molar-refractivity contribution >= 4 is 15.9 Å². The van der Waals surface area contributed by atoms with Crippen molar-refractivity contribution in [1.82, 2.24) is 0 Å². The van der Waals surface area contributed by atoms with Crippen LogP contribution in [0.5, 0.6) is 11.5 Å². The van der Waals surface area contributed by atoms with E-state index in [0.717, 1.165) is 11.6 Å². The predicted octanol–water partition coefficient (Wildman–Crippen LogP) is 3.94. The number of benzene rings is 2. The molecule has 2 aromatic carbocycles. The molecule has 0 heterocycles. The highest BCUT2D eigenvalue weighted by molar-refractivity contribution is 7.95. The molecule has 5 nitrogen and oxygen atoms in total. The Bertz CT molecular complexity index is 962. The summed E-state index contributed by atoms with van der Waals surface area (Å²) in [5.41, 5.74) is 0.837. The van der Waals surface area contributed by atoms with E-state index in [9.17, 15) is 22.5 Å². The third kappa shape index (κ3) is 4.18. The van der Waals surface area contributed by atoms with Gasteiger partial charge in [-0.05, 0) is 31.2 Å². The molecule has 0 aliphatic rings. The molecule has 0 amide bonds. The van der Waals surface area contributed by atoms with Gasteiger partial charge in [0.2, 0.25) is 9.84 Å². The Morgan fingerprint density at radius 3 is 2.38 bits per heavy atom. The molecule has 0 aromatic heterocycles. The molecule has 0 fully saturated rings. The summed E-state index contributed by atoms with van der Waals surface area (Å²) in [6.07, 6.45) is 0.982. The van der Waals surface area contributed by atoms with Gasteiger partial charge in [0.1, 0.15) is 11.0 Å². The van der Waals surface area contributed by atoms with Crippen LogP contribution in [0, 0.1) is 18.3 Å². The number of methoxy groups -OCH3 is 1. The number of allylic oxidation sites excluding steroid dienone is 1. The molecule has 0 N–H and O–H groups in total. The van der Waals surface area contributed by atoms with E-state index in [4.69, 9.17) is 4.74 Å². The lowest BCUT2D eigenvalue weighted by atomic mass is 10.1. The summed E-state index contributed by atoms with van der Waals surface area (Å²) in [5, 5.41) is 9.32. The minimum absolute atomic E-state index is 0.0101. The van der Waals surface area contributed by atoms with Crippen molar-refractivity contribution in [2.24, 2.45) is 0 Å². The number of sulfone groups is 1. The lowest BCUT2D eigenvalue weighted by Crippen LogP contribution is -2.06. The fourth-order valence-electron chi connectivity index (χ4n) is 2.18. The number of para-hydroxylation sites is 1. The number of ether oxygens (including phenoxy) is 2. The molecule has 0 saturated carbocycles. The van der Waals surface area contributed by atoms with Gasteiger partial charge in [0.15, 0.2) is 11.5 Å². The van der Waals surface area contributed by atoms with Crippen LogP contribution in [0.25, 0.3) is 6.08 Å². The van der Waals surface area contributed by atoms with Crippen LogP contribution >= 0.6 is 0 Å². The number of hydrogen-bond acceptors (Lipinski definition) is 5. The Morgan fingerprint density at radius 1 is 1.19 bits per heavy atom. The van der Waals surface area contributed by atoms with E-state index >= 15 is 0 Å². The molecule has 0 spiro atoms. The molecule has 136 valence electrons. The number of aryl methyl sites for hydroxylation is 1. The fraction of sp³-hybridized carbons (Fsp3) is 0.167. The van der Waals surface area contributed by atoms with Crippen molar-refractivity contribution in [1.29, 1.82) is 5.26 Å². The highest BCUT2D eigenvalue weighted by Gasteiger charge is 2.22. The molecule has 0 aliphatic heterocycles. The maximum atomic E-state index is 12.7. The highest BCUT2D eigenvalue weighted by atomic mass is 32.2. The number of hydrogen-bond donors (Lipinski definition) is 0. The first kappa shape index (κ1) is 19.4. The van der Waals surface area contributed by atoms with E-state index in [-0.39, 0.29) is 22.0 Å². The van der Waals surface area contributed by atoms with Crippen molar-refractivity contribution in [3.05, 3.63) is 58.5 Å². The quantitative estimate of drug-likeness (QED) is 0.711. The molecule has 2 aromatic rings. The van der Waals surface area contributed by atoms with Gasteiger partial charge in [0.05, 0.1) is 12.0 Å². The van der Waals surface area contributed by atoms with Crippen LogP contribution in [0.2, 0.25) is 0 Å². The third-order valence-corrected chi connectivity index (χ3v) is 5.13. The number of halogens is 2. The van der Waals surface area contributed by atoms with E-state index in [1.165, 1.54) is 37.4 Å². The minimum atomic E-state index is -4.11. The van der Waals surface area contributed by atoms with Gasteiger partial charge >= 0.3 is 6.61 Å². The predicted molar refractivity (Wildman–Crippen MR) is 91.6 cm³/mol. The molecule has 0 unspecified atom stereocenters. The summed E-state index contributed by atoms with van der Waals surface area (Å²) in [6.45, 7) is -1.35. The molecular formula is C18H15F2NO4S. The van der Waals surface area contributed by atoms with Crippen molar-refractivity contribution < 1.29 is 26.7 Å². The van der Waals surface area contributed by atoms with E-state index in [2.05, 4.69) is 4.74 Å². The van der Waals surface area contributed by atoms with Crippen LogP contribution in [0.15, 0.2) is 52.3 Å². The lowest BCUT2D eigenvalue weighted by molar-refractivity contribution is -0.0513. The molecule has 0 saturated heterocycles. The Kier molecular flexibility index (Phi) is 5.95. The van der Waals surface area contributed by atoms with Gasteiger partial charge in [-0.1, -0.05) is 29.8 Å². The van der Waals surface area contributed by atoms with Crippen molar-refractivity contribution in [3.8, 4) is 17.6 Å². The van der Waals surface area contributed by atoms with Crippen LogP contribution in [0.4, 0.5) is 8.78 Å². The van der Waals surface area contributed by atoms with Crippen LogP contribution in [-0.4, -0.2) is 22.1 Å². The second kappa shape index (κ2) is 7.97. The zero-order valence-corrected chi connectivity index (χ0v) is 14.8. The minimum Gasteiger partial charge on any atom is -0.493 e. The molecular weight excluding hydrogens is 364 g/mol. The Hall–Kier alpha value is -2.92. The van der Waals surface area contributed by atoms with Crippen molar-refractivity contribution in [2.75, 3.05) is 7.11 Å². The second-order valence-corrected chi connectivity index (χ2v) is 7.11. The zero-order valence-electron chi connectivity index (χ0n) is 13.9. The first-order valence-corrected chi connectivity index (χ1v) is 8.83. The fourth-order valence-corrected chi connectivity index (χ4v) is 3.33. The van der Waals surface area contributed by atoms with Crippen molar-refractivity contribution in [2.45, 2.75) is 18.4 Å². The molecule has 2 rings (SSSR count). The van der Waals surface area contributed by atoms with Gasteiger partial charge in [-0.2, -0.15) is 14.0 Å². The Balaban J connectivity index is 2.59. The van der Waals surface area contributed by atoms with Crippen molar-refractivity contribution in [3.63, 3.8) is 0 Å².